The monoisotopic (exact) mass is 606 g/mol. The van der Waals surface area contributed by atoms with E-state index in [0.29, 0.717) is 36.1 Å². The maximum Gasteiger partial charge on any atom is 0.324 e. The average molecular weight is 607 g/mol. The Labute approximate surface area is 262 Å². The van der Waals surface area contributed by atoms with Crippen molar-refractivity contribution in [2.24, 2.45) is 0 Å². The summed E-state index contributed by atoms with van der Waals surface area (Å²) in [6.07, 6.45) is 5.19. The van der Waals surface area contributed by atoms with Gasteiger partial charge in [-0.3, -0.25) is 10.1 Å². The number of methoxy groups -OCH3 is 1. The molecule has 2 aromatic heterocycles. The number of aryl methyl sites for hydroxylation is 2. The fraction of sp³-hybridized carbons (Fsp3) is 0.257. The minimum atomic E-state index is -0.366. The Kier molecular flexibility index (Phi) is 10.4. The van der Waals surface area contributed by atoms with Crippen molar-refractivity contribution in [1.82, 2.24) is 14.8 Å². The second kappa shape index (κ2) is 15.0. The summed E-state index contributed by atoms with van der Waals surface area (Å²) < 4.78 is 12.8. The molecule has 0 fully saturated rings. The molecular weight excluding hydrogens is 568 g/mol. The number of nitrogens with one attached hydrogen (secondary N) is 3. The number of carbonyl (C=O) groups excluding carboxylic acids is 2. The van der Waals surface area contributed by atoms with Gasteiger partial charge in [-0.15, -0.1) is 0 Å². The van der Waals surface area contributed by atoms with E-state index in [1.165, 1.54) is 7.11 Å². The highest BCUT2D eigenvalue weighted by Crippen LogP contribution is 2.32. The Morgan fingerprint density at radius 2 is 1.69 bits per heavy atom. The quantitative estimate of drug-likeness (QED) is 0.134. The van der Waals surface area contributed by atoms with Crippen LogP contribution in [-0.4, -0.2) is 47.0 Å². The van der Waals surface area contributed by atoms with Gasteiger partial charge in [0.25, 0.3) is 5.91 Å². The van der Waals surface area contributed by atoms with Crippen LogP contribution in [0.5, 0.6) is 5.75 Å². The number of fused-ring (bicyclic) bond motifs is 1. The predicted molar refractivity (Wildman–Crippen MR) is 177 cm³/mol. The molecule has 3 N–H and O–H groups in total. The molecule has 232 valence electrons. The number of pyridine rings is 1. The Morgan fingerprint density at radius 3 is 2.47 bits per heavy atom. The maximum absolute atomic E-state index is 13.3. The molecule has 5 aromatic rings. The fourth-order valence-corrected chi connectivity index (χ4v) is 4.95. The van der Waals surface area contributed by atoms with Gasteiger partial charge in [-0.2, -0.15) is 5.10 Å². The highest BCUT2D eigenvalue weighted by molar-refractivity contribution is 6.07. The lowest BCUT2D eigenvalue weighted by Gasteiger charge is -2.14. The van der Waals surface area contributed by atoms with Crippen LogP contribution in [0.4, 0.5) is 22.1 Å². The molecular formula is C35H38N6O4. The van der Waals surface area contributed by atoms with Crippen molar-refractivity contribution in [3.05, 3.63) is 102 Å². The largest absolute Gasteiger partial charge is 0.493 e. The highest BCUT2D eigenvalue weighted by atomic mass is 16.5. The number of nitrogens with zero attached hydrogens (tertiary/aromatic N) is 3. The van der Waals surface area contributed by atoms with Crippen LogP contribution >= 0.6 is 0 Å². The van der Waals surface area contributed by atoms with Crippen LogP contribution in [0.3, 0.4) is 0 Å². The Balaban J connectivity index is 1.27. The van der Waals surface area contributed by atoms with Gasteiger partial charge in [-0.25, -0.2) is 14.5 Å². The molecule has 0 atom stereocenters. The number of urea groups is 1. The third-order valence-electron chi connectivity index (χ3n) is 7.21. The lowest BCUT2D eigenvalue weighted by atomic mass is 10.1. The number of rotatable bonds is 13. The first-order valence-corrected chi connectivity index (χ1v) is 15.1. The van der Waals surface area contributed by atoms with E-state index in [1.807, 2.05) is 85.8 Å². The van der Waals surface area contributed by atoms with Crippen LogP contribution < -0.4 is 20.7 Å². The molecule has 0 unspecified atom stereocenters. The van der Waals surface area contributed by atoms with E-state index in [0.717, 1.165) is 52.5 Å². The van der Waals surface area contributed by atoms with Gasteiger partial charge in [0.2, 0.25) is 0 Å². The number of ether oxygens (including phenoxy) is 2. The van der Waals surface area contributed by atoms with Crippen LogP contribution in [0.2, 0.25) is 0 Å². The second-order valence-electron chi connectivity index (χ2n) is 10.7. The zero-order valence-electron chi connectivity index (χ0n) is 25.8. The smallest absolute Gasteiger partial charge is 0.324 e. The normalized spacial score (nSPS) is 10.9. The number of hydrogen-bond acceptors (Lipinski definition) is 6. The number of benzene rings is 3. The number of anilines is 3. The SMILES string of the molecule is CCCCc1cc(NC(=O)Nc2ccc(OCCc3ccnc(NC(=O)COC)c3)c3ccccc23)n(-c2ccc(C)cc2)n1. The highest BCUT2D eigenvalue weighted by Gasteiger charge is 2.15. The summed E-state index contributed by atoms with van der Waals surface area (Å²) in [5, 5.41) is 15.2. The van der Waals surface area contributed by atoms with E-state index in [2.05, 4.69) is 27.9 Å². The number of unbranched alkanes of at least 4 members (excludes halogenated alkanes) is 1. The molecule has 5 rings (SSSR count). The first-order valence-electron chi connectivity index (χ1n) is 15.1. The molecule has 10 nitrogen and oxygen atoms in total. The standard InChI is InChI=1S/C35H38N6O4/c1-4-5-8-26-22-33(41(40-26)27-13-11-24(2)12-14-27)39-35(43)37-30-15-16-31(29-10-7-6-9-28(29)30)45-20-18-25-17-19-36-32(21-25)38-34(42)23-44-3/h6-7,9-17,19,21-22H,4-5,8,18,20,23H2,1-3H3,(H,36,38,42)(H2,37,39,43). The van der Waals surface area contributed by atoms with Crippen molar-refractivity contribution in [1.29, 1.82) is 0 Å². The number of amides is 3. The summed E-state index contributed by atoms with van der Waals surface area (Å²) in [5.74, 6) is 1.51. The van der Waals surface area contributed by atoms with Crippen molar-refractivity contribution in [2.75, 3.05) is 36.3 Å². The molecule has 0 aliphatic heterocycles. The Hall–Kier alpha value is -5.22. The van der Waals surface area contributed by atoms with Crippen LogP contribution in [0.1, 0.15) is 36.6 Å². The van der Waals surface area contributed by atoms with Crippen molar-refractivity contribution >= 4 is 40.0 Å². The Bertz CT molecular complexity index is 1770. The van der Waals surface area contributed by atoms with Gasteiger partial charge in [0, 0.05) is 36.6 Å². The summed E-state index contributed by atoms with van der Waals surface area (Å²) in [7, 11) is 1.47. The van der Waals surface area contributed by atoms with E-state index >= 15 is 0 Å². The zero-order valence-corrected chi connectivity index (χ0v) is 25.8. The van der Waals surface area contributed by atoms with Crippen molar-refractivity contribution in [3.63, 3.8) is 0 Å². The van der Waals surface area contributed by atoms with E-state index < -0.39 is 0 Å². The van der Waals surface area contributed by atoms with Crippen LogP contribution in [-0.2, 0) is 22.4 Å². The van der Waals surface area contributed by atoms with Crippen molar-refractivity contribution in [2.45, 2.75) is 39.5 Å². The van der Waals surface area contributed by atoms with Crippen molar-refractivity contribution < 1.29 is 19.1 Å². The summed E-state index contributed by atoms with van der Waals surface area (Å²) in [6, 6.07) is 24.8. The molecule has 45 heavy (non-hydrogen) atoms. The average Bonchev–Trinajstić information content (AvgIpc) is 3.43. The summed E-state index contributed by atoms with van der Waals surface area (Å²) >= 11 is 0. The zero-order chi connectivity index (χ0) is 31.6. The molecule has 0 saturated carbocycles. The number of carbonyl (C=O) groups is 2. The summed E-state index contributed by atoms with van der Waals surface area (Å²) in [4.78, 5) is 29.3. The second-order valence-corrected chi connectivity index (χ2v) is 10.7. The number of hydrogen-bond donors (Lipinski definition) is 3. The molecule has 0 aliphatic carbocycles. The van der Waals surface area contributed by atoms with E-state index in [1.54, 1.807) is 10.9 Å². The lowest BCUT2D eigenvalue weighted by Crippen LogP contribution is -2.21. The van der Waals surface area contributed by atoms with Crippen LogP contribution in [0, 0.1) is 6.92 Å². The van der Waals surface area contributed by atoms with E-state index in [-0.39, 0.29) is 18.5 Å². The van der Waals surface area contributed by atoms with Gasteiger partial charge in [0.1, 0.15) is 24.0 Å². The predicted octanol–water partition coefficient (Wildman–Crippen LogP) is 6.92. The maximum atomic E-state index is 13.3. The molecule has 0 aliphatic rings. The molecule has 2 heterocycles. The first-order chi connectivity index (χ1) is 21.9. The molecule has 10 heteroatoms. The summed E-state index contributed by atoms with van der Waals surface area (Å²) in [6.45, 7) is 4.56. The van der Waals surface area contributed by atoms with Crippen LogP contribution in [0.15, 0.2) is 85.1 Å². The van der Waals surface area contributed by atoms with Gasteiger partial charge in [-0.05, 0) is 61.7 Å². The minimum Gasteiger partial charge on any atom is -0.493 e. The van der Waals surface area contributed by atoms with E-state index in [4.69, 9.17) is 14.6 Å². The molecule has 0 bridgehead atoms. The topological polar surface area (TPSA) is 119 Å². The van der Waals surface area contributed by atoms with Gasteiger partial charge in [0.15, 0.2) is 0 Å². The van der Waals surface area contributed by atoms with Crippen LogP contribution in [0.25, 0.3) is 16.5 Å². The van der Waals surface area contributed by atoms with E-state index in [9.17, 15) is 9.59 Å². The molecule has 3 aromatic carbocycles. The van der Waals surface area contributed by atoms with Gasteiger partial charge in [-0.1, -0.05) is 55.3 Å². The van der Waals surface area contributed by atoms with Crippen molar-refractivity contribution in [3.8, 4) is 11.4 Å². The Morgan fingerprint density at radius 1 is 0.889 bits per heavy atom. The van der Waals surface area contributed by atoms with Gasteiger partial charge < -0.3 is 20.1 Å². The molecule has 0 spiro atoms. The minimum absolute atomic E-state index is 0.0350. The van der Waals surface area contributed by atoms with Gasteiger partial charge in [0.05, 0.1) is 23.7 Å². The molecule has 0 radical (unpaired) electrons. The van der Waals surface area contributed by atoms with Gasteiger partial charge >= 0.3 is 6.03 Å². The fourth-order valence-electron chi connectivity index (χ4n) is 4.95. The third-order valence-corrected chi connectivity index (χ3v) is 7.21. The molecule has 3 amide bonds. The summed E-state index contributed by atoms with van der Waals surface area (Å²) in [5.41, 5.74) is 4.59. The third kappa shape index (κ3) is 8.24. The lowest BCUT2D eigenvalue weighted by molar-refractivity contribution is -0.119. The number of aromatic nitrogens is 3. The first kappa shape index (κ1) is 31.2. The molecule has 0 saturated heterocycles.